The summed E-state index contributed by atoms with van der Waals surface area (Å²) in [5.41, 5.74) is 1.22. The number of nitrogens with one attached hydrogen (secondary N) is 1. The minimum atomic E-state index is -3.23. The molecule has 1 aromatic rings. The second kappa shape index (κ2) is 6.98. The topological polar surface area (TPSA) is 58.6 Å². The summed E-state index contributed by atoms with van der Waals surface area (Å²) in [4.78, 5) is 2.32. The zero-order valence-electron chi connectivity index (χ0n) is 12.8. The van der Waals surface area contributed by atoms with Gasteiger partial charge in [-0.15, -0.1) is 0 Å². The van der Waals surface area contributed by atoms with E-state index in [1.165, 1.54) is 5.69 Å². The van der Waals surface area contributed by atoms with Gasteiger partial charge < -0.3 is 9.64 Å². The van der Waals surface area contributed by atoms with Crippen molar-refractivity contribution in [3.05, 3.63) is 30.3 Å². The fourth-order valence-electron chi connectivity index (χ4n) is 3.20. The van der Waals surface area contributed by atoms with Crippen LogP contribution in [-0.4, -0.2) is 46.5 Å². The van der Waals surface area contributed by atoms with Crippen LogP contribution in [0.4, 0.5) is 5.69 Å². The molecule has 0 saturated carbocycles. The first-order valence-corrected chi connectivity index (χ1v) is 9.66. The Morgan fingerprint density at radius 1 is 1.23 bits per heavy atom. The molecule has 2 heterocycles. The molecule has 1 aromatic carbocycles. The summed E-state index contributed by atoms with van der Waals surface area (Å²) >= 11 is 0. The second-order valence-corrected chi connectivity index (χ2v) is 8.05. The van der Waals surface area contributed by atoms with Crippen LogP contribution < -0.4 is 9.62 Å². The maximum atomic E-state index is 12.1. The van der Waals surface area contributed by atoms with Crippen LogP contribution in [0.25, 0.3) is 0 Å². The average molecular weight is 324 g/mol. The largest absolute Gasteiger partial charge is 0.377 e. The molecule has 0 amide bonds. The van der Waals surface area contributed by atoms with Gasteiger partial charge in [-0.2, -0.15) is 0 Å². The van der Waals surface area contributed by atoms with Crippen LogP contribution in [0, 0.1) is 5.92 Å². The van der Waals surface area contributed by atoms with Gasteiger partial charge in [0.2, 0.25) is 10.0 Å². The highest BCUT2D eigenvalue weighted by molar-refractivity contribution is 7.89. The van der Waals surface area contributed by atoms with Crippen LogP contribution in [0.1, 0.15) is 19.3 Å². The maximum absolute atomic E-state index is 12.1. The van der Waals surface area contributed by atoms with E-state index in [4.69, 9.17) is 4.74 Å². The van der Waals surface area contributed by atoms with E-state index >= 15 is 0 Å². The second-order valence-electron chi connectivity index (χ2n) is 6.20. The number of sulfonamides is 1. The minimum Gasteiger partial charge on any atom is -0.377 e. The van der Waals surface area contributed by atoms with Gasteiger partial charge >= 0.3 is 0 Å². The lowest BCUT2D eigenvalue weighted by molar-refractivity contribution is 0.127. The Bertz CT molecular complexity index is 570. The van der Waals surface area contributed by atoms with Gasteiger partial charge in [0.25, 0.3) is 0 Å². The predicted molar refractivity (Wildman–Crippen MR) is 87.5 cm³/mol. The minimum absolute atomic E-state index is 0.0993. The number of para-hydroxylation sites is 1. The zero-order chi connectivity index (χ0) is 15.4. The number of hydrogen-bond donors (Lipinski definition) is 1. The number of rotatable bonds is 6. The summed E-state index contributed by atoms with van der Waals surface area (Å²) in [6.07, 6.45) is 2.72. The highest BCUT2D eigenvalue weighted by atomic mass is 32.2. The Morgan fingerprint density at radius 2 is 2.05 bits per heavy atom. The average Bonchev–Trinajstić information content (AvgIpc) is 3.17. The molecule has 2 unspecified atom stereocenters. The Morgan fingerprint density at radius 3 is 2.77 bits per heavy atom. The molecule has 2 saturated heterocycles. The summed E-state index contributed by atoms with van der Waals surface area (Å²) in [5, 5.41) is 0. The fraction of sp³-hybridized carbons (Fsp3) is 0.625. The highest BCUT2D eigenvalue weighted by Gasteiger charge is 2.26. The van der Waals surface area contributed by atoms with Crippen LogP contribution in [0.15, 0.2) is 30.3 Å². The molecule has 2 fully saturated rings. The van der Waals surface area contributed by atoms with Gasteiger partial charge in [-0.05, 0) is 37.3 Å². The SMILES string of the molecule is O=S(=O)(CC1CCCO1)NCC1CCN(c2ccccc2)C1. The van der Waals surface area contributed by atoms with E-state index < -0.39 is 10.0 Å². The van der Waals surface area contributed by atoms with Crippen LogP contribution in [0.2, 0.25) is 0 Å². The van der Waals surface area contributed by atoms with E-state index in [2.05, 4.69) is 21.8 Å². The monoisotopic (exact) mass is 324 g/mol. The molecule has 1 N–H and O–H groups in total. The predicted octanol–water partition coefficient (Wildman–Crippen LogP) is 1.61. The molecule has 22 heavy (non-hydrogen) atoms. The highest BCUT2D eigenvalue weighted by Crippen LogP contribution is 2.23. The lowest BCUT2D eigenvalue weighted by Gasteiger charge is -2.19. The van der Waals surface area contributed by atoms with Crippen LogP contribution >= 0.6 is 0 Å². The Hall–Kier alpha value is -1.11. The smallest absolute Gasteiger partial charge is 0.214 e. The summed E-state index contributed by atoms with van der Waals surface area (Å²) in [5.74, 6) is 0.474. The summed E-state index contributed by atoms with van der Waals surface area (Å²) in [6, 6.07) is 10.3. The molecule has 2 aliphatic rings. The number of ether oxygens (including phenoxy) is 1. The number of anilines is 1. The third kappa shape index (κ3) is 4.21. The van der Waals surface area contributed by atoms with Crippen LogP contribution in [-0.2, 0) is 14.8 Å². The van der Waals surface area contributed by atoms with E-state index in [0.717, 1.165) is 32.4 Å². The standard InChI is InChI=1S/C16H24N2O3S/c19-22(20,13-16-7-4-10-21-16)17-11-14-8-9-18(12-14)15-5-2-1-3-6-15/h1-3,5-6,14,16-17H,4,7-13H2. The number of hydrogen-bond acceptors (Lipinski definition) is 4. The molecule has 2 aliphatic heterocycles. The van der Waals surface area contributed by atoms with Gasteiger partial charge in [-0.3, -0.25) is 0 Å². The van der Waals surface area contributed by atoms with E-state index in [0.29, 0.717) is 19.1 Å². The first-order valence-electron chi connectivity index (χ1n) is 8.01. The van der Waals surface area contributed by atoms with Gasteiger partial charge in [0.05, 0.1) is 11.9 Å². The van der Waals surface area contributed by atoms with Gasteiger partial charge in [-0.1, -0.05) is 18.2 Å². The first kappa shape index (κ1) is 15.8. The van der Waals surface area contributed by atoms with Gasteiger partial charge in [0.1, 0.15) is 0 Å². The van der Waals surface area contributed by atoms with Crippen molar-refractivity contribution in [1.82, 2.24) is 4.72 Å². The normalized spacial score (nSPS) is 25.7. The molecule has 0 aliphatic carbocycles. The Balaban J connectivity index is 1.46. The van der Waals surface area contributed by atoms with Gasteiger partial charge in [0.15, 0.2) is 0 Å². The van der Waals surface area contributed by atoms with Crippen molar-refractivity contribution in [3.8, 4) is 0 Å². The Kier molecular flexibility index (Phi) is 5.00. The van der Waals surface area contributed by atoms with Crippen molar-refractivity contribution in [2.24, 2.45) is 5.92 Å². The zero-order valence-corrected chi connectivity index (χ0v) is 13.6. The molecular weight excluding hydrogens is 300 g/mol. The number of nitrogens with zero attached hydrogens (tertiary/aromatic N) is 1. The summed E-state index contributed by atoms with van der Waals surface area (Å²) < 4.78 is 32.4. The van der Waals surface area contributed by atoms with Crippen molar-refractivity contribution in [1.29, 1.82) is 0 Å². The molecule has 0 radical (unpaired) electrons. The summed E-state index contributed by atoms with van der Waals surface area (Å²) in [7, 11) is -3.23. The summed E-state index contributed by atoms with van der Waals surface area (Å²) in [6.45, 7) is 3.11. The van der Waals surface area contributed by atoms with Crippen molar-refractivity contribution >= 4 is 15.7 Å². The maximum Gasteiger partial charge on any atom is 0.214 e. The van der Waals surface area contributed by atoms with Crippen LogP contribution in [0.5, 0.6) is 0 Å². The Labute approximate surface area is 132 Å². The van der Waals surface area contributed by atoms with Crippen molar-refractivity contribution in [2.75, 3.05) is 36.9 Å². The number of benzene rings is 1. The fourth-order valence-corrected chi connectivity index (χ4v) is 4.56. The van der Waals surface area contributed by atoms with Gasteiger partial charge in [-0.25, -0.2) is 13.1 Å². The van der Waals surface area contributed by atoms with E-state index in [9.17, 15) is 8.42 Å². The third-order valence-electron chi connectivity index (χ3n) is 4.43. The van der Waals surface area contributed by atoms with Crippen molar-refractivity contribution < 1.29 is 13.2 Å². The molecular formula is C16H24N2O3S. The molecule has 0 spiro atoms. The van der Waals surface area contributed by atoms with E-state index in [1.807, 2.05) is 18.2 Å². The lowest BCUT2D eigenvalue weighted by Crippen LogP contribution is -2.35. The molecule has 122 valence electrons. The third-order valence-corrected chi connectivity index (χ3v) is 5.85. The molecule has 6 heteroatoms. The van der Waals surface area contributed by atoms with E-state index in [1.54, 1.807) is 0 Å². The quantitative estimate of drug-likeness (QED) is 0.864. The van der Waals surface area contributed by atoms with Crippen molar-refractivity contribution in [3.63, 3.8) is 0 Å². The van der Waals surface area contributed by atoms with Gasteiger partial charge in [0, 0.05) is 31.9 Å². The molecule has 0 aromatic heterocycles. The van der Waals surface area contributed by atoms with E-state index in [-0.39, 0.29) is 11.9 Å². The molecule has 3 rings (SSSR count). The van der Waals surface area contributed by atoms with Crippen molar-refractivity contribution in [2.45, 2.75) is 25.4 Å². The molecule has 2 atom stereocenters. The van der Waals surface area contributed by atoms with Crippen LogP contribution in [0.3, 0.4) is 0 Å². The molecule has 5 nitrogen and oxygen atoms in total. The molecule has 0 bridgehead atoms. The lowest BCUT2D eigenvalue weighted by atomic mass is 10.1. The first-order chi connectivity index (χ1) is 10.6.